The van der Waals surface area contributed by atoms with Crippen LogP contribution in [0.15, 0.2) is 17.8 Å². The molecule has 0 aromatic carbocycles. The van der Waals surface area contributed by atoms with Crippen LogP contribution in [0.2, 0.25) is 0 Å². The third-order valence-corrected chi connectivity index (χ3v) is 5.16. The average Bonchev–Trinajstić information content (AvgIpc) is 3.15. The monoisotopic (exact) mass is 348 g/mol. The molecule has 1 aliphatic carbocycles. The lowest BCUT2D eigenvalue weighted by Crippen LogP contribution is -2.46. The van der Waals surface area contributed by atoms with Crippen molar-refractivity contribution in [3.63, 3.8) is 0 Å². The topological polar surface area (TPSA) is 69.0 Å². The van der Waals surface area contributed by atoms with E-state index in [1.54, 1.807) is 22.2 Å². The van der Waals surface area contributed by atoms with Crippen molar-refractivity contribution in [3.8, 4) is 11.3 Å². The van der Waals surface area contributed by atoms with E-state index in [4.69, 9.17) is 9.72 Å². The van der Waals surface area contributed by atoms with Gasteiger partial charge < -0.3 is 10.1 Å². The number of rotatable bonds is 3. The number of hydrogen-bond donors (Lipinski definition) is 1. The highest BCUT2D eigenvalue weighted by Crippen LogP contribution is 2.41. The number of amides is 1. The SMILES string of the molecule is Cn1cc(-c2csc(C3(NC(=O)OC(C)(C)C)CCCC3)n2)cn1. The van der Waals surface area contributed by atoms with Crippen molar-refractivity contribution in [2.24, 2.45) is 7.05 Å². The van der Waals surface area contributed by atoms with E-state index >= 15 is 0 Å². The molecule has 24 heavy (non-hydrogen) atoms. The highest BCUT2D eigenvalue weighted by Gasteiger charge is 2.41. The van der Waals surface area contributed by atoms with Gasteiger partial charge in [-0.3, -0.25) is 4.68 Å². The van der Waals surface area contributed by atoms with Crippen molar-refractivity contribution >= 4 is 17.4 Å². The standard InChI is InChI=1S/C17H24N4O2S/c1-16(2,3)23-15(22)20-17(7-5-6-8-17)14-19-13(11-24-14)12-9-18-21(4)10-12/h9-11H,5-8H2,1-4H3,(H,20,22). The summed E-state index contributed by atoms with van der Waals surface area (Å²) < 4.78 is 7.22. The maximum atomic E-state index is 12.3. The van der Waals surface area contributed by atoms with Gasteiger partial charge in [-0.1, -0.05) is 12.8 Å². The summed E-state index contributed by atoms with van der Waals surface area (Å²) in [5.74, 6) is 0. The smallest absolute Gasteiger partial charge is 0.408 e. The molecule has 3 rings (SSSR count). The Bertz CT molecular complexity index is 723. The maximum Gasteiger partial charge on any atom is 0.408 e. The van der Waals surface area contributed by atoms with Crippen LogP contribution in [0, 0.1) is 0 Å². The van der Waals surface area contributed by atoms with E-state index in [-0.39, 0.29) is 6.09 Å². The van der Waals surface area contributed by atoms with Crippen LogP contribution < -0.4 is 5.32 Å². The molecule has 1 aliphatic rings. The minimum Gasteiger partial charge on any atom is -0.444 e. The van der Waals surface area contributed by atoms with Crippen molar-refractivity contribution in [2.45, 2.75) is 57.6 Å². The van der Waals surface area contributed by atoms with E-state index in [0.717, 1.165) is 41.9 Å². The largest absolute Gasteiger partial charge is 0.444 e. The van der Waals surface area contributed by atoms with Gasteiger partial charge in [-0.05, 0) is 33.6 Å². The lowest BCUT2D eigenvalue weighted by molar-refractivity contribution is 0.0453. The van der Waals surface area contributed by atoms with Crippen LogP contribution in [0.5, 0.6) is 0 Å². The minimum atomic E-state index is -0.506. The third kappa shape index (κ3) is 3.61. The molecule has 1 saturated carbocycles. The zero-order valence-corrected chi connectivity index (χ0v) is 15.4. The Morgan fingerprint density at radius 1 is 1.38 bits per heavy atom. The molecule has 0 atom stereocenters. The predicted molar refractivity (Wildman–Crippen MR) is 93.8 cm³/mol. The molecule has 0 radical (unpaired) electrons. The van der Waals surface area contributed by atoms with Gasteiger partial charge in [0, 0.05) is 24.2 Å². The fourth-order valence-corrected chi connectivity index (χ4v) is 4.09. The van der Waals surface area contributed by atoms with Crippen molar-refractivity contribution in [1.29, 1.82) is 0 Å². The van der Waals surface area contributed by atoms with Crippen molar-refractivity contribution in [2.75, 3.05) is 0 Å². The van der Waals surface area contributed by atoms with E-state index in [2.05, 4.69) is 10.4 Å². The first kappa shape index (κ1) is 17.0. The van der Waals surface area contributed by atoms with Gasteiger partial charge >= 0.3 is 6.09 Å². The number of carbonyl (C=O) groups is 1. The van der Waals surface area contributed by atoms with Crippen LogP contribution in [-0.4, -0.2) is 26.5 Å². The van der Waals surface area contributed by atoms with E-state index in [1.165, 1.54) is 0 Å². The molecule has 130 valence electrons. The number of carbonyl (C=O) groups excluding carboxylic acids is 1. The van der Waals surface area contributed by atoms with Crippen LogP contribution >= 0.6 is 11.3 Å². The Morgan fingerprint density at radius 2 is 2.08 bits per heavy atom. The predicted octanol–water partition coefficient (Wildman–Crippen LogP) is 3.84. The molecule has 0 spiro atoms. The number of thiazole rings is 1. The summed E-state index contributed by atoms with van der Waals surface area (Å²) in [6, 6.07) is 0. The molecule has 0 unspecified atom stereocenters. The van der Waals surface area contributed by atoms with Crippen molar-refractivity contribution < 1.29 is 9.53 Å². The molecule has 2 heterocycles. The van der Waals surface area contributed by atoms with Gasteiger partial charge in [0.2, 0.25) is 0 Å². The average molecular weight is 348 g/mol. The Kier molecular flexibility index (Phi) is 4.38. The molecule has 1 amide bonds. The minimum absolute atomic E-state index is 0.373. The summed E-state index contributed by atoms with van der Waals surface area (Å²) in [6.45, 7) is 5.62. The fourth-order valence-electron chi connectivity index (χ4n) is 3.05. The molecule has 0 bridgehead atoms. The van der Waals surface area contributed by atoms with Gasteiger partial charge in [0.1, 0.15) is 10.6 Å². The number of nitrogens with zero attached hydrogens (tertiary/aromatic N) is 3. The van der Waals surface area contributed by atoms with E-state index in [1.807, 2.05) is 39.4 Å². The number of ether oxygens (including phenoxy) is 1. The van der Waals surface area contributed by atoms with Gasteiger partial charge in [0.05, 0.1) is 17.4 Å². The first-order chi connectivity index (χ1) is 11.3. The molecule has 0 aliphatic heterocycles. The summed E-state index contributed by atoms with van der Waals surface area (Å²) in [5.41, 5.74) is 0.979. The van der Waals surface area contributed by atoms with Crippen LogP contribution in [0.1, 0.15) is 51.5 Å². The first-order valence-corrected chi connectivity index (χ1v) is 9.12. The molecular formula is C17H24N4O2S. The van der Waals surface area contributed by atoms with Crippen LogP contribution in [0.4, 0.5) is 4.79 Å². The fraction of sp³-hybridized carbons (Fsp3) is 0.588. The second kappa shape index (κ2) is 6.20. The van der Waals surface area contributed by atoms with Crippen LogP contribution in [-0.2, 0) is 17.3 Å². The molecule has 2 aromatic heterocycles. The zero-order chi connectivity index (χ0) is 17.4. The maximum absolute atomic E-state index is 12.3. The quantitative estimate of drug-likeness (QED) is 0.915. The van der Waals surface area contributed by atoms with Gasteiger partial charge in [-0.25, -0.2) is 9.78 Å². The summed E-state index contributed by atoms with van der Waals surface area (Å²) in [4.78, 5) is 17.1. The van der Waals surface area contributed by atoms with Crippen LogP contribution in [0.3, 0.4) is 0 Å². The lowest BCUT2D eigenvalue weighted by atomic mass is 9.99. The van der Waals surface area contributed by atoms with E-state index in [0.29, 0.717) is 0 Å². The van der Waals surface area contributed by atoms with Gasteiger partial charge in [-0.2, -0.15) is 5.10 Å². The Labute approximate surface area is 146 Å². The Balaban J connectivity index is 1.83. The Hall–Kier alpha value is -1.89. The normalized spacial score (nSPS) is 17.0. The second-order valence-electron chi connectivity index (χ2n) is 7.36. The summed E-state index contributed by atoms with van der Waals surface area (Å²) in [7, 11) is 1.89. The number of hydrogen-bond acceptors (Lipinski definition) is 5. The molecule has 2 aromatic rings. The van der Waals surface area contributed by atoms with Gasteiger partial charge in [-0.15, -0.1) is 11.3 Å². The second-order valence-corrected chi connectivity index (χ2v) is 8.21. The number of aromatic nitrogens is 3. The van der Waals surface area contributed by atoms with Crippen molar-refractivity contribution in [3.05, 3.63) is 22.8 Å². The van der Waals surface area contributed by atoms with Gasteiger partial charge in [0.15, 0.2) is 0 Å². The number of nitrogens with one attached hydrogen (secondary N) is 1. The molecule has 1 N–H and O–H groups in total. The van der Waals surface area contributed by atoms with Gasteiger partial charge in [0.25, 0.3) is 0 Å². The lowest BCUT2D eigenvalue weighted by Gasteiger charge is -2.30. The molecule has 0 saturated heterocycles. The molecule has 1 fully saturated rings. The summed E-state index contributed by atoms with van der Waals surface area (Å²) >= 11 is 1.59. The van der Waals surface area contributed by atoms with Crippen LogP contribution in [0.25, 0.3) is 11.3 Å². The summed E-state index contributed by atoms with van der Waals surface area (Å²) in [5, 5.41) is 10.3. The highest BCUT2D eigenvalue weighted by atomic mass is 32.1. The number of aryl methyl sites for hydroxylation is 1. The summed E-state index contributed by atoms with van der Waals surface area (Å²) in [6.07, 6.45) is 7.33. The molecule has 7 heteroatoms. The van der Waals surface area contributed by atoms with E-state index < -0.39 is 11.1 Å². The molecule has 6 nitrogen and oxygen atoms in total. The highest BCUT2D eigenvalue weighted by molar-refractivity contribution is 7.10. The molecular weight excluding hydrogens is 324 g/mol. The Morgan fingerprint density at radius 3 is 2.67 bits per heavy atom. The van der Waals surface area contributed by atoms with Crippen molar-refractivity contribution in [1.82, 2.24) is 20.1 Å². The van der Waals surface area contributed by atoms with E-state index in [9.17, 15) is 4.79 Å². The first-order valence-electron chi connectivity index (χ1n) is 8.24. The third-order valence-electron chi connectivity index (χ3n) is 4.11. The zero-order valence-electron chi connectivity index (χ0n) is 14.6. The number of alkyl carbamates (subject to hydrolysis) is 1.